The summed E-state index contributed by atoms with van der Waals surface area (Å²) in [6.45, 7) is 3.74. The fourth-order valence-electron chi connectivity index (χ4n) is 3.02. The molecule has 0 saturated carbocycles. The Morgan fingerprint density at radius 1 is 1.12 bits per heavy atom. The molecule has 3 rings (SSSR count). The largest absolute Gasteiger partial charge is 0.377 e. The molecule has 1 N–H and O–H groups in total. The maximum absolute atomic E-state index is 12.6. The van der Waals surface area contributed by atoms with Gasteiger partial charge in [-0.3, -0.25) is 9.59 Å². The summed E-state index contributed by atoms with van der Waals surface area (Å²) in [4.78, 5) is 26.5. The first-order chi connectivity index (χ1) is 12.6. The summed E-state index contributed by atoms with van der Waals surface area (Å²) in [6, 6.07) is 17.1. The van der Waals surface area contributed by atoms with Crippen LogP contribution in [-0.4, -0.2) is 42.5 Å². The Hall–Kier alpha value is -2.66. The number of carbonyl (C=O) groups excluding carboxylic acids is 2. The van der Waals surface area contributed by atoms with Crippen LogP contribution in [0.25, 0.3) is 0 Å². The van der Waals surface area contributed by atoms with Crippen LogP contribution in [-0.2, 0) is 16.0 Å². The SMILES string of the molecule is CC1COCCN1C(=O)c1ccc(NC(=O)CCc2ccccc2)cc1. The Bertz CT molecular complexity index is 744. The quantitative estimate of drug-likeness (QED) is 0.899. The van der Waals surface area contributed by atoms with Crippen molar-refractivity contribution >= 4 is 17.5 Å². The van der Waals surface area contributed by atoms with Crippen LogP contribution in [0.15, 0.2) is 54.6 Å². The zero-order chi connectivity index (χ0) is 18.4. The highest BCUT2D eigenvalue weighted by molar-refractivity contribution is 5.96. The maximum atomic E-state index is 12.6. The van der Waals surface area contributed by atoms with Crippen LogP contribution in [0.1, 0.15) is 29.3 Å². The zero-order valence-corrected chi connectivity index (χ0v) is 15.0. The number of amides is 2. The van der Waals surface area contributed by atoms with Gasteiger partial charge in [0.2, 0.25) is 5.91 Å². The van der Waals surface area contributed by atoms with E-state index in [-0.39, 0.29) is 17.9 Å². The molecule has 2 aromatic rings. The first-order valence-corrected chi connectivity index (χ1v) is 8.96. The van der Waals surface area contributed by atoms with Crippen molar-refractivity contribution in [2.45, 2.75) is 25.8 Å². The van der Waals surface area contributed by atoms with E-state index in [2.05, 4.69) is 5.32 Å². The Morgan fingerprint density at radius 3 is 2.54 bits per heavy atom. The number of hydrogen-bond acceptors (Lipinski definition) is 3. The number of anilines is 1. The number of aryl methyl sites for hydroxylation is 1. The van der Waals surface area contributed by atoms with Crippen molar-refractivity contribution in [1.82, 2.24) is 4.90 Å². The minimum Gasteiger partial charge on any atom is -0.377 e. The molecular formula is C21H24N2O3. The van der Waals surface area contributed by atoms with Crippen molar-refractivity contribution in [3.8, 4) is 0 Å². The van der Waals surface area contributed by atoms with Gasteiger partial charge in [0.15, 0.2) is 0 Å². The molecule has 1 fully saturated rings. The summed E-state index contributed by atoms with van der Waals surface area (Å²) in [5.41, 5.74) is 2.47. The predicted octanol–water partition coefficient (Wildman–Crippen LogP) is 3.12. The Balaban J connectivity index is 1.53. The third-order valence-electron chi connectivity index (χ3n) is 4.53. The molecule has 26 heavy (non-hydrogen) atoms. The molecule has 5 heteroatoms. The summed E-state index contributed by atoms with van der Waals surface area (Å²) < 4.78 is 5.37. The van der Waals surface area contributed by atoms with E-state index in [1.807, 2.05) is 42.2 Å². The van der Waals surface area contributed by atoms with Crippen molar-refractivity contribution < 1.29 is 14.3 Å². The molecule has 136 valence electrons. The van der Waals surface area contributed by atoms with Crippen LogP contribution in [0, 0.1) is 0 Å². The number of benzene rings is 2. The van der Waals surface area contributed by atoms with E-state index in [0.29, 0.717) is 43.9 Å². The van der Waals surface area contributed by atoms with E-state index in [9.17, 15) is 9.59 Å². The van der Waals surface area contributed by atoms with Crippen LogP contribution >= 0.6 is 0 Å². The van der Waals surface area contributed by atoms with Crippen molar-refractivity contribution in [1.29, 1.82) is 0 Å². The van der Waals surface area contributed by atoms with Gasteiger partial charge in [-0.2, -0.15) is 0 Å². The second kappa shape index (κ2) is 8.63. The summed E-state index contributed by atoms with van der Waals surface area (Å²) in [5, 5.41) is 2.88. The molecule has 2 amide bonds. The van der Waals surface area contributed by atoms with E-state index in [4.69, 9.17) is 4.74 Å². The standard InChI is InChI=1S/C21H24N2O3/c1-16-15-26-14-13-23(16)21(25)18-8-10-19(11-9-18)22-20(24)12-7-17-5-3-2-4-6-17/h2-6,8-11,16H,7,12-15H2,1H3,(H,22,24). The second-order valence-electron chi connectivity index (χ2n) is 6.53. The number of hydrogen-bond donors (Lipinski definition) is 1. The average Bonchev–Trinajstić information content (AvgIpc) is 2.68. The van der Waals surface area contributed by atoms with Crippen LogP contribution < -0.4 is 5.32 Å². The molecule has 1 saturated heterocycles. The smallest absolute Gasteiger partial charge is 0.254 e. The molecule has 0 bridgehead atoms. The Kier molecular flexibility index (Phi) is 6.02. The van der Waals surface area contributed by atoms with Gasteiger partial charge in [-0.25, -0.2) is 0 Å². The summed E-state index contributed by atoms with van der Waals surface area (Å²) in [6.07, 6.45) is 1.13. The fraction of sp³-hybridized carbons (Fsp3) is 0.333. The molecular weight excluding hydrogens is 328 g/mol. The van der Waals surface area contributed by atoms with E-state index >= 15 is 0 Å². The first-order valence-electron chi connectivity index (χ1n) is 8.96. The number of nitrogens with zero attached hydrogens (tertiary/aromatic N) is 1. The molecule has 1 unspecified atom stereocenters. The molecule has 0 spiro atoms. The highest BCUT2D eigenvalue weighted by atomic mass is 16.5. The maximum Gasteiger partial charge on any atom is 0.254 e. The third-order valence-corrected chi connectivity index (χ3v) is 4.53. The lowest BCUT2D eigenvalue weighted by molar-refractivity contribution is -0.116. The van der Waals surface area contributed by atoms with E-state index < -0.39 is 0 Å². The Morgan fingerprint density at radius 2 is 1.85 bits per heavy atom. The normalized spacial score (nSPS) is 17.0. The van der Waals surface area contributed by atoms with Crippen molar-refractivity contribution in [3.63, 3.8) is 0 Å². The highest BCUT2D eigenvalue weighted by Gasteiger charge is 2.24. The van der Waals surface area contributed by atoms with Crippen molar-refractivity contribution in [2.75, 3.05) is 25.1 Å². The molecule has 0 aliphatic carbocycles. The van der Waals surface area contributed by atoms with E-state index in [1.165, 1.54) is 0 Å². The minimum absolute atomic E-state index is 0.00255. The van der Waals surface area contributed by atoms with Crippen molar-refractivity contribution in [3.05, 3.63) is 65.7 Å². The highest BCUT2D eigenvalue weighted by Crippen LogP contribution is 2.15. The molecule has 0 radical (unpaired) electrons. The van der Waals surface area contributed by atoms with Gasteiger partial charge in [-0.1, -0.05) is 30.3 Å². The number of nitrogens with one attached hydrogen (secondary N) is 1. The average molecular weight is 352 g/mol. The molecule has 0 aromatic heterocycles. The van der Waals surface area contributed by atoms with Gasteiger partial charge in [-0.15, -0.1) is 0 Å². The van der Waals surface area contributed by atoms with Gasteiger partial charge in [0.25, 0.3) is 5.91 Å². The lowest BCUT2D eigenvalue weighted by Gasteiger charge is -2.33. The van der Waals surface area contributed by atoms with Crippen molar-refractivity contribution in [2.24, 2.45) is 0 Å². The van der Waals surface area contributed by atoms with Gasteiger partial charge in [-0.05, 0) is 43.2 Å². The molecule has 1 aliphatic heterocycles. The summed E-state index contributed by atoms with van der Waals surface area (Å²) >= 11 is 0. The topological polar surface area (TPSA) is 58.6 Å². The molecule has 1 heterocycles. The number of morpholine rings is 1. The summed E-state index contributed by atoms with van der Waals surface area (Å²) in [5.74, 6) is -0.0301. The van der Waals surface area contributed by atoms with Gasteiger partial charge in [0.05, 0.1) is 19.3 Å². The minimum atomic E-state index is -0.0327. The van der Waals surface area contributed by atoms with Crippen LogP contribution in [0.2, 0.25) is 0 Å². The third kappa shape index (κ3) is 4.70. The van der Waals surface area contributed by atoms with Gasteiger partial charge in [0.1, 0.15) is 0 Å². The lowest BCUT2D eigenvalue weighted by Crippen LogP contribution is -2.47. The van der Waals surface area contributed by atoms with Crippen LogP contribution in [0.4, 0.5) is 5.69 Å². The van der Waals surface area contributed by atoms with Gasteiger partial charge < -0.3 is 15.0 Å². The van der Waals surface area contributed by atoms with Crippen LogP contribution in [0.5, 0.6) is 0 Å². The molecule has 2 aromatic carbocycles. The predicted molar refractivity (Wildman–Crippen MR) is 101 cm³/mol. The molecule has 1 aliphatic rings. The number of ether oxygens (including phenoxy) is 1. The molecule has 1 atom stereocenters. The monoisotopic (exact) mass is 352 g/mol. The number of rotatable bonds is 5. The van der Waals surface area contributed by atoms with E-state index in [0.717, 1.165) is 5.56 Å². The first kappa shape index (κ1) is 18.1. The fourth-order valence-corrected chi connectivity index (χ4v) is 3.02. The summed E-state index contributed by atoms with van der Waals surface area (Å²) in [7, 11) is 0. The van der Waals surface area contributed by atoms with E-state index in [1.54, 1.807) is 24.3 Å². The number of carbonyl (C=O) groups is 2. The van der Waals surface area contributed by atoms with Crippen LogP contribution in [0.3, 0.4) is 0 Å². The van der Waals surface area contributed by atoms with Gasteiger partial charge >= 0.3 is 0 Å². The Labute approximate surface area is 154 Å². The zero-order valence-electron chi connectivity index (χ0n) is 15.0. The lowest BCUT2D eigenvalue weighted by atomic mass is 10.1. The second-order valence-corrected chi connectivity index (χ2v) is 6.53. The van der Waals surface area contributed by atoms with Gasteiger partial charge in [0, 0.05) is 24.2 Å². The molecule has 5 nitrogen and oxygen atoms in total.